The maximum atomic E-state index is 3.45. The molecule has 1 aliphatic rings. The molecule has 11 heavy (non-hydrogen) atoms. The number of hydrogen-bond acceptors (Lipinski definition) is 2. The highest BCUT2D eigenvalue weighted by Gasteiger charge is 2.09. The van der Waals surface area contributed by atoms with Gasteiger partial charge in [0, 0.05) is 19.6 Å². The minimum atomic E-state index is 0.824. The lowest BCUT2D eigenvalue weighted by Crippen LogP contribution is -2.36. The summed E-state index contributed by atoms with van der Waals surface area (Å²) in [6, 6.07) is 0. The van der Waals surface area contributed by atoms with Gasteiger partial charge in [-0.05, 0) is 25.2 Å². The van der Waals surface area contributed by atoms with Gasteiger partial charge in [-0.15, -0.1) is 0 Å². The minimum Gasteiger partial charge on any atom is -0.255 e. The van der Waals surface area contributed by atoms with E-state index < -0.39 is 0 Å². The fourth-order valence-electron chi connectivity index (χ4n) is 1.39. The first-order valence-corrected chi connectivity index (χ1v) is 4.77. The van der Waals surface area contributed by atoms with Crippen molar-refractivity contribution in [2.75, 3.05) is 19.6 Å². The molecular weight excluding hydrogens is 136 g/mol. The Kier molecular flexibility index (Phi) is 3.87. The van der Waals surface area contributed by atoms with E-state index >= 15 is 0 Å². The van der Waals surface area contributed by atoms with Gasteiger partial charge < -0.3 is 0 Å². The standard InChI is InChI=1S/C9H20N2/c1-9(2)5-6-10-11-7-3-4-8-11/h9-10H,3-8H2,1-2H3. The van der Waals surface area contributed by atoms with Crippen molar-refractivity contribution in [3.8, 4) is 0 Å². The van der Waals surface area contributed by atoms with Gasteiger partial charge in [-0.1, -0.05) is 13.8 Å². The van der Waals surface area contributed by atoms with Crippen molar-refractivity contribution in [2.45, 2.75) is 33.1 Å². The van der Waals surface area contributed by atoms with Crippen molar-refractivity contribution < 1.29 is 0 Å². The smallest absolute Gasteiger partial charge is 0.0131 e. The lowest BCUT2D eigenvalue weighted by atomic mass is 10.1. The van der Waals surface area contributed by atoms with Gasteiger partial charge in [0.05, 0.1) is 0 Å². The zero-order chi connectivity index (χ0) is 8.10. The molecule has 0 atom stereocenters. The molecule has 1 saturated heterocycles. The zero-order valence-corrected chi connectivity index (χ0v) is 7.77. The van der Waals surface area contributed by atoms with Gasteiger partial charge in [-0.3, -0.25) is 5.43 Å². The van der Waals surface area contributed by atoms with E-state index in [2.05, 4.69) is 24.3 Å². The second-order valence-electron chi connectivity index (χ2n) is 3.78. The van der Waals surface area contributed by atoms with Crippen LogP contribution in [-0.2, 0) is 0 Å². The molecule has 1 rings (SSSR count). The molecule has 0 aromatic carbocycles. The first-order valence-electron chi connectivity index (χ1n) is 4.77. The third-order valence-corrected chi connectivity index (χ3v) is 2.16. The molecule has 2 heteroatoms. The Balaban J connectivity index is 1.94. The maximum Gasteiger partial charge on any atom is 0.0131 e. The summed E-state index contributed by atoms with van der Waals surface area (Å²) in [5.41, 5.74) is 3.45. The molecule has 2 nitrogen and oxygen atoms in total. The minimum absolute atomic E-state index is 0.824. The van der Waals surface area contributed by atoms with Crippen LogP contribution in [0, 0.1) is 5.92 Å². The van der Waals surface area contributed by atoms with E-state index in [9.17, 15) is 0 Å². The van der Waals surface area contributed by atoms with E-state index in [0.717, 1.165) is 12.5 Å². The Hall–Kier alpha value is -0.0800. The quantitative estimate of drug-likeness (QED) is 0.665. The van der Waals surface area contributed by atoms with Gasteiger partial charge in [0.2, 0.25) is 0 Å². The van der Waals surface area contributed by atoms with Crippen molar-refractivity contribution in [2.24, 2.45) is 5.92 Å². The normalized spacial score (nSPS) is 19.9. The molecule has 1 fully saturated rings. The maximum absolute atomic E-state index is 3.45. The highest BCUT2D eigenvalue weighted by atomic mass is 15.5. The zero-order valence-electron chi connectivity index (χ0n) is 7.77. The molecule has 1 heterocycles. The van der Waals surface area contributed by atoms with Crippen molar-refractivity contribution in [1.29, 1.82) is 0 Å². The van der Waals surface area contributed by atoms with Crippen LogP contribution in [0.3, 0.4) is 0 Å². The van der Waals surface area contributed by atoms with Crippen LogP contribution in [0.5, 0.6) is 0 Å². The Bertz CT molecular complexity index is 95.7. The fraction of sp³-hybridized carbons (Fsp3) is 1.00. The number of hydrazine groups is 1. The van der Waals surface area contributed by atoms with Gasteiger partial charge >= 0.3 is 0 Å². The van der Waals surface area contributed by atoms with Gasteiger partial charge in [0.25, 0.3) is 0 Å². The van der Waals surface area contributed by atoms with Crippen molar-refractivity contribution in [1.82, 2.24) is 10.4 Å². The monoisotopic (exact) mass is 156 g/mol. The van der Waals surface area contributed by atoms with Crippen LogP contribution in [0.1, 0.15) is 33.1 Å². The predicted octanol–water partition coefficient (Wildman–Crippen LogP) is 1.63. The SMILES string of the molecule is CC(C)CCNN1CCCC1. The van der Waals surface area contributed by atoms with E-state index in [0.29, 0.717) is 0 Å². The second-order valence-corrected chi connectivity index (χ2v) is 3.78. The number of hydrogen-bond donors (Lipinski definition) is 1. The van der Waals surface area contributed by atoms with E-state index in [-0.39, 0.29) is 0 Å². The topological polar surface area (TPSA) is 15.3 Å². The summed E-state index contributed by atoms with van der Waals surface area (Å²) in [5, 5.41) is 2.35. The lowest BCUT2D eigenvalue weighted by Gasteiger charge is -2.16. The molecule has 0 aliphatic carbocycles. The van der Waals surface area contributed by atoms with Crippen LogP contribution >= 0.6 is 0 Å². The first-order chi connectivity index (χ1) is 5.29. The number of nitrogens with zero attached hydrogens (tertiary/aromatic N) is 1. The molecule has 0 radical (unpaired) electrons. The molecule has 0 amide bonds. The van der Waals surface area contributed by atoms with E-state index in [1.807, 2.05) is 0 Å². The molecule has 0 aromatic heterocycles. The third kappa shape index (κ3) is 3.73. The summed E-state index contributed by atoms with van der Waals surface area (Å²) in [5.74, 6) is 0.824. The van der Waals surface area contributed by atoms with Crippen LogP contribution in [0.15, 0.2) is 0 Å². The second kappa shape index (κ2) is 4.73. The largest absolute Gasteiger partial charge is 0.255 e. The van der Waals surface area contributed by atoms with Crippen LogP contribution < -0.4 is 5.43 Å². The third-order valence-electron chi connectivity index (χ3n) is 2.16. The molecule has 0 bridgehead atoms. The molecule has 0 aromatic rings. The van der Waals surface area contributed by atoms with E-state index in [4.69, 9.17) is 0 Å². The molecule has 0 unspecified atom stereocenters. The summed E-state index contributed by atoms with van der Waals surface area (Å²) < 4.78 is 0. The number of rotatable bonds is 4. The highest BCUT2D eigenvalue weighted by Crippen LogP contribution is 2.04. The predicted molar refractivity (Wildman–Crippen MR) is 48.3 cm³/mol. The van der Waals surface area contributed by atoms with Crippen molar-refractivity contribution in [3.05, 3.63) is 0 Å². The molecule has 0 saturated carbocycles. The first kappa shape index (κ1) is 9.01. The Labute approximate surface area is 69.9 Å². The molecule has 0 spiro atoms. The fourth-order valence-corrected chi connectivity index (χ4v) is 1.39. The number of nitrogens with one attached hydrogen (secondary N) is 1. The lowest BCUT2D eigenvalue weighted by molar-refractivity contribution is 0.229. The van der Waals surface area contributed by atoms with Crippen LogP contribution in [0.4, 0.5) is 0 Å². The summed E-state index contributed by atoms with van der Waals surface area (Å²) in [7, 11) is 0. The average Bonchev–Trinajstić information content (AvgIpc) is 2.39. The molecule has 66 valence electrons. The van der Waals surface area contributed by atoms with E-state index in [1.54, 1.807) is 0 Å². The van der Waals surface area contributed by atoms with Crippen LogP contribution in [0.25, 0.3) is 0 Å². The van der Waals surface area contributed by atoms with E-state index in [1.165, 1.54) is 32.4 Å². The highest BCUT2D eigenvalue weighted by molar-refractivity contribution is 4.61. The van der Waals surface area contributed by atoms with Gasteiger partial charge in [0.1, 0.15) is 0 Å². The van der Waals surface area contributed by atoms with Crippen molar-refractivity contribution in [3.63, 3.8) is 0 Å². The molecule has 1 aliphatic heterocycles. The van der Waals surface area contributed by atoms with Gasteiger partial charge in [-0.25, -0.2) is 5.01 Å². The Morgan fingerprint density at radius 2 is 1.91 bits per heavy atom. The summed E-state index contributed by atoms with van der Waals surface area (Å²) >= 11 is 0. The Morgan fingerprint density at radius 1 is 1.27 bits per heavy atom. The summed E-state index contributed by atoms with van der Waals surface area (Å²) in [6.45, 7) is 8.19. The van der Waals surface area contributed by atoms with Gasteiger partial charge in [0.15, 0.2) is 0 Å². The van der Waals surface area contributed by atoms with Crippen LogP contribution in [-0.4, -0.2) is 24.6 Å². The van der Waals surface area contributed by atoms with Crippen LogP contribution in [0.2, 0.25) is 0 Å². The van der Waals surface area contributed by atoms with Crippen molar-refractivity contribution >= 4 is 0 Å². The summed E-state index contributed by atoms with van der Waals surface area (Å²) in [6.07, 6.45) is 4.03. The van der Waals surface area contributed by atoms with Gasteiger partial charge in [-0.2, -0.15) is 0 Å². The molecule has 1 N–H and O–H groups in total. The Morgan fingerprint density at radius 3 is 2.45 bits per heavy atom. The molecular formula is C9H20N2. The summed E-state index contributed by atoms with van der Waals surface area (Å²) in [4.78, 5) is 0. The average molecular weight is 156 g/mol.